The van der Waals surface area contributed by atoms with E-state index in [0.29, 0.717) is 5.56 Å². The van der Waals surface area contributed by atoms with E-state index in [9.17, 15) is 13.2 Å². The van der Waals surface area contributed by atoms with Crippen LogP contribution in [0, 0.1) is 0 Å². The van der Waals surface area contributed by atoms with Gasteiger partial charge in [0.2, 0.25) is 0 Å². The van der Waals surface area contributed by atoms with Crippen LogP contribution in [-0.2, 0) is 20.9 Å². The molecule has 0 amide bonds. The Morgan fingerprint density at radius 2 is 1.43 bits per heavy atom. The summed E-state index contributed by atoms with van der Waals surface area (Å²) in [6.07, 6.45) is -4.51. The lowest BCUT2D eigenvalue weighted by Crippen LogP contribution is -2.41. The summed E-state index contributed by atoms with van der Waals surface area (Å²) < 4.78 is 51.2. The number of halogens is 3. The van der Waals surface area contributed by atoms with Crippen LogP contribution >= 0.6 is 0 Å². The first kappa shape index (κ1) is 18.3. The van der Waals surface area contributed by atoms with Gasteiger partial charge in [-0.05, 0) is 50.8 Å². The molecule has 0 aliphatic carbocycles. The van der Waals surface area contributed by atoms with E-state index >= 15 is 0 Å². The van der Waals surface area contributed by atoms with E-state index < -0.39 is 35.6 Å². The Hall–Kier alpha value is -1.08. The van der Waals surface area contributed by atoms with E-state index in [1.165, 1.54) is 0 Å². The highest BCUT2D eigenvalue weighted by Gasteiger charge is 2.53. The predicted octanol–water partition coefficient (Wildman–Crippen LogP) is 3.70. The lowest BCUT2D eigenvalue weighted by molar-refractivity contribution is -0.141. The number of alkyl halides is 3. The minimum Gasteiger partial charge on any atom is -0.398 e. The SMILES string of the molecule is CC(C)(C)c1cc(B2OC(C)(C)C(C)(C)O2)nc(C(F)(F)F)c1. The van der Waals surface area contributed by atoms with E-state index in [2.05, 4.69) is 4.98 Å². The second-order valence-electron chi connectivity index (χ2n) is 8.00. The first-order chi connectivity index (χ1) is 10.1. The molecule has 0 atom stereocenters. The first-order valence-corrected chi connectivity index (χ1v) is 7.59. The van der Waals surface area contributed by atoms with Crippen molar-refractivity contribution in [3.63, 3.8) is 0 Å². The van der Waals surface area contributed by atoms with Crippen molar-refractivity contribution in [2.75, 3.05) is 0 Å². The third kappa shape index (κ3) is 3.55. The second kappa shape index (κ2) is 5.21. The van der Waals surface area contributed by atoms with E-state index in [1.807, 2.05) is 48.5 Å². The maximum atomic E-state index is 13.2. The molecule has 0 bridgehead atoms. The number of pyridine rings is 1. The molecule has 0 N–H and O–H groups in total. The fourth-order valence-electron chi connectivity index (χ4n) is 2.21. The fraction of sp³-hybridized carbons (Fsp3) is 0.688. The van der Waals surface area contributed by atoms with Crippen LogP contribution in [0.2, 0.25) is 0 Å². The Labute approximate surface area is 135 Å². The van der Waals surface area contributed by atoms with E-state index in [0.717, 1.165) is 6.07 Å². The van der Waals surface area contributed by atoms with E-state index in [4.69, 9.17) is 9.31 Å². The maximum Gasteiger partial charge on any atom is 0.514 e. The summed E-state index contributed by atoms with van der Waals surface area (Å²) in [6.45, 7) is 13.0. The molecule has 1 fully saturated rings. The van der Waals surface area contributed by atoms with Crippen LogP contribution in [0.25, 0.3) is 0 Å². The smallest absolute Gasteiger partial charge is 0.398 e. The summed E-state index contributed by atoms with van der Waals surface area (Å²) in [5, 5.41) is 0. The normalized spacial score (nSPS) is 20.9. The molecule has 1 aliphatic heterocycles. The van der Waals surface area contributed by atoms with Gasteiger partial charge in [0, 0.05) is 0 Å². The summed E-state index contributed by atoms with van der Waals surface area (Å²) in [4.78, 5) is 3.76. The number of nitrogens with zero attached hydrogens (tertiary/aromatic N) is 1. The van der Waals surface area contributed by atoms with Crippen LogP contribution in [0.1, 0.15) is 59.7 Å². The van der Waals surface area contributed by atoms with Crippen LogP contribution in [0.3, 0.4) is 0 Å². The molecule has 1 aliphatic rings. The number of aromatic nitrogens is 1. The minimum absolute atomic E-state index is 0.156. The standard InChI is InChI=1S/C16H23BF3NO2/c1-13(2,3)10-8-11(16(18,19)20)21-12(9-10)17-22-14(4,5)15(6,7)23-17/h8-9H,1-7H3. The third-order valence-corrected chi connectivity index (χ3v) is 4.50. The summed E-state index contributed by atoms with van der Waals surface area (Å²) >= 11 is 0. The Kier molecular flexibility index (Phi) is 4.14. The van der Waals surface area contributed by atoms with E-state index in [1.54, 1.807) is 6.07 Å². The zero-order valence-corrected chi connectivity index (χ0v) is 14.6. The van der Waals surface area contributed by atoms with E-state index in [-0.39, 0.29) is 5.59 Å². The van der Waals surface area contributed by atoms with Crippen molar-refractivity contribution in [2.24, 2.45) is 0 Å². The van der Waals surface area contributed by atoms with Gasteiger partial charge in [-0.3, -0.25) is 4.98 Å². The summed E-state index contributed by atoms with van der Waals surface area (Å²) in [5.74, 6) is 0. The highest BCUT2D eigenvalue weighted by atomic mass is 19.4. The molecule has 128 valence electrons. The van der Waals surface area contributed by atoms with Gasteiger partial charge in [-0.15, -0.1) is 0 Å². The summed E-state index contributed by atoms with van der Waals surface area (Å²) in [6, 6.07) is 2.73. The molecule has 0 aromatic carbocycles. The zero-order chi connectivity index (χ0) is 17.8. The van der Waals surface area contributed by atoms with Gasteiger partial charge in [0.25, 0.3) is 0 Å². The quantitative estimate of drug-likeness (QED) is 0.736. The van der Waals surface area contributed by atoms with Crippen molar-refractivity contribution >= 4 is 12.7 Å². The van der Waals surface area contributed by atoms with Crippen LogP contribution in [0.5, 0.6) is 0 Å². The average Bonchev–Trinajstić information content (AvgIpc) is 2.56. The summed E-state index contributed by atoms with van der Waals surface area (Å²) in [5.41, 5.74) is -1.92. The highest BCUT2D eigenvalue weighted by Crippen LogP contribution is 2.37. The van der Waals surface area contributed by atoms with Gasteiger partial charge in [0.05, 0.1) is 16.8 Å². The van der Waals surface area contributed by atoms with Crippen molar-refractivity contribution in [2.45, 2.75) is 71.3 Å². The van der Waals surface area contributed by atoms with Gasteiger partial charge in [-0.1, -0.05) is 20.8 Å². The van der Waals surface area contributed by atoms with Crippen molar-refractivity contribution in [3.8, 4) is 0 Å². The van der Waals surface area contributed by atoms with Crippen LogP contribution in [0.15, 0.2) is 12.1 Å². The highest BCUT2D eigenvalue weighted by molar-refractivity contribution is 6.61. The Bertz CT molecular complexity index is 558. The van der Waals surface area contributed by atoms with Gasteiger partial charge >= 0.3 is 13.3 Å². The molecule has 0 unspecified atom stereocenters. The van der Waals surface area contributed by atoms with Crippen molar-refractivity contribution < 1.29 is 22.5 Å². The topological polar surface area (TPSA) is 31.4 Å². The molecule has 1 saturated heterocycles. The summed E-state index contributed by atoms with van der Waals surface area (Å²) in [7, 11) is -0.914. The second-order valence-corrected chi connectivity index (χ2v) is 8.00. The van der Waals surface area contributed by atoms with Crippen LogP contribution in [-0.4, -0.2) is 23.3 Å². The largest absolute Gasteiger partial charge is 0.514 e. The molecule has 0 spiro atoms. The lowest BCUT2D eigenvalue weighted by atomic mass is 9.79. The van der Waals surface area contributed by atoms with Gasteiger partial charge in [0.1, 0.15) is 5.69 Å². The molecule has 2 heterocycles. The molecule has 3 nitrogen and oxygen atoms in total. The Morgan fingerprint density at radius 1 is 0.957 bits per heavy atom. The minimum atomic E-state index is -4.51. The van der Waals surface area contributed by atoms with Crippen molar-refractivity contribution in [1.82, 2.24) is 4.98 Å². The molecule has 0 radical (unpaired) electrons. The fourth-order valence-corrected chi connectivity index (χ4v) is 2.21. The maximum absolute atomic E-state index is 13.2. The molecular formula is C16H23BF3NO2. The molecule has 1 aromatic rings. The molecule has 1 aromatic heterocycles. The molecule has 2 rings (SSSR count). The molecule has 7 heteroatoms. The monoisotopic (exact) mass is 329 g/mol. The first-order valence-electron chi connectivity index (χ1n) is 7.59. The molecule has 23 heavy (non-hydrogen) atoms. The lowest BCUT2D eigenvalue weighted by Gasteiger charge is -2.32. The number of hydrogen-bond acceptors (Lipinski definition) is 3. The van der Waals surface area contributed by atoms with Gasteiger partial charge < -0.3 is 9.31 Å². The van der Waals surface area contributed by atoms with Gasteiger partial charge in [0.15, 0.2) is 0 Å². The number of hydrogen-bond donors (Lipinski definition) is 0. The Balaban J connectivity index is 2.51. The van der Waals surface area contributed by atoms with Crippen LogP contribution < -0.4 is 5.59 Å². The van der Waals surface area contributed by atoms with Crippen molar-refractivity contribution in [3.05, 3.63) is 23.4 Å². The average molecular weight is 329 g/mol. The zero-order valence-electron chi connectivity index (χ0n) is 14.6. The van der Waals surface area contributed by atoms with Crippen molar-refractivity contribution in [1.29, 1.82) is 0 Å². The third-order valence-electron chi connectivity index (χ3n) is 4.50. The van der Waals surface area contributed by atoms with Crippen LogP contribution in [0.4, 0.5) is 13.2 Å². The van der Waals surface area contributed by atoms with Gasteiger partial charge in [-0.2, -0.15) is 13.2 Å². The molecule has 0 saturated carbocycles. The number of rotatable bonds is 1. The molecular weight excluding hydrogens is 306 g/mol. The van der Waals surface area contributed by atoms with Gasteiger partial charge in [-0.25, -0.2) is 0 Å². The predicted molar refractivity (Wildman–Crippen MR) is 83.7 cm³/mol. The Morgan fingerprint density at radius 3 is 1.83 bits per heavy atom.